The monoisotopic (exact) mass is 194 g/mol. The van der Waals surface area contributed by atoms with Crippen molar-refractivity contribution in [2.24, 2.45) is 0 Å². The summed E-state index contributed by atoms with van der Waals surface area (Å²) < 4.78 is 2.13. The summed E-state index contributed by atoms with van der Waals surface area (Å²) in [7, 11) is 0. The molecule has 0 bridgehead atoms. The minimum atomic E-state index is 0.427. The maximum Gasteiger partial charge on any atom is 0.141 e. The van der Waals surface area contributed by atoms with Gasteiger partial charge in [-0.1, -0.05) is 0 Å². The lowest BCUT2D eigenvalue weighted by molar-refractivity contribution is 0.540. The van der Waals surface area contributed by atoms with Gasteiger partial charge < -0.3 is 15.6 Å². The van der Waals surface area contributed by atoms with Crippen LogP contribution in [0.4, 0.5) is 5.82 Å². The summed E-state index contributed by atoms with van der Waals surface area (Å²) in [6, 6.07) is 1.14. The van der Waals surface area contributed by atoms with Crippen molar-refractivity contribution in [3.05, 3.63) is 12.0 Å². The summed E-state index contributed by atoms with van der Waals surface area (Å²) in [4.78, 5) is 4.31. The van der Waals surface area contributed by atoms with Gasteiger partial charge in [0.1, 0.15) is 11.6 Å². The number of imidazole rings is 1. The van der Waals surface area contributed by atoms with Crippen molar-refractivity contribution in [3.8, 4) is 0 Å². The Balaban J connectivity index is 2.05. The molecule has 2 rings (SSSR count). The zero-order valence-corrected chi connectivity index (χ0v) is 8.83. The third kappa shape index (κ3) is 2.07. The fourth-order valence-electron chi connectivity index (χ4n) is 1.55. The van der Waals surface area contributed by atoms with Gasteiger partial charge in [0.05, 0.1) is 6.54 Å². The first-order chi connectivity index (χ1) is 6.66. The summed E-state index contributed by atoms with van der Waals surface area (Å²) in [6.45, 7) is 5.11. The molecule has 78 valence electrons. The lowest BCUT2D eigenvalue weighted by atomic mass is 10.4. The van der Waals surface area contributed by atoms with Crippen molar-refractivity contribution in [2.75, 3.05) is 5.73 Å². The van der Waals surface area contributed by atoms with Gasteiger partial charge in [0, 0.05) is 18.3 Å². The summed E-state index contributed by atoms with van der Waals surface area (Å²) in [5, 5.41) is 3.44. The van der Waals surface area contributed by atoms with E-state index in [2.05, 4.69) is 28.7 Å². The van der Waals surface area contributed by atoms with E-state index < -0.39 is 0 Å². The van der Waals surface area contributed by atoms with Crippen molar-refractivity contribution >= 4 is 5.82 Å². The minimum absolute atomic E-state index is 0.427. The quantitative estimate of drug-likeness (QED) is 0.759. The highest BCUT2D eigenvalue weighted by Crippen LogP contribution is 2.20. The summed E-state index contributed by atoms with van der Waals surface area (Å²) in [5.41, 5.74) is 5.68. The Kier molecular flexibility index (Phi) is 2.46. The normalized spacial score (nSPS) is 16.5. The predicted molar refractivity (Wildman–Crippen MR) is 56.9 cm³/mol. The van der Waals surface area contributed by atoms with Crippen LogP contribution in [0.15, 0.2) is 6.20 Å². The molecule has 1 aromatic heterocycles. The molecule has 1 aliphatic carbocycles. The topological polar surface area (TPSA) is 55.9 Å². The van der Waals surface area contributed by atoms with E-state index in [1.165, 1.54) is 12.8 Å². The van der Waals surface area contributed by atoms with E-state index >= 15 is 0 Å². The molecular formula is C10H18N4. The largest absolute Gasteiger partial charge is 0.382 e. The highest BCUT2D eigenvalue weighted by atomic mass is 15.1. The summed E-state index contributed by atoms with van der Waals surface area (Å²) >= 11 is 0. The molecule has 0 saturated heterocycles. The average molecular weight is 194 g/mol. The maximum absolute atomic E-state index is 5.68. The molecule has 4 heteroatoms. The van der Waals surface area contributed by atoms with Crippen molar-refractivity contribution in [3.63, 3.8) is 0 Å². The minimum Gasteiger partial charge on any atom is -0.382 e. The van der Waals surface area contributed by atoms with Crippen LogP contribution in [0, 0.1) is 0 Å². The molecule has 0 aromatic carbocycles. The molecule has 1 heterocycles. The maximum atomic E-state index is 5.68. The van der Waals surface area contributed by atoms with Gasteiger partial charge in [0.25, 0.3) is 0 Å². The van der Waals surface area contributed by atoms with Crippen LogP contribution in [0.1, 0.15) is 38.6 Å². The highest BCUT2D eigenvalue weighted by Gasteiger charge is 2.21. The standard InChI is InChI=1S/C10H18N4/c1-7(2)14-6-9(11)13-10(14)5-12-8-3-4-8/h6-8,12H,3-5,11H2,1-2H3. The van der Waals surface area contributed by atoms with Crippen LogP contribution in [-0.4, -0.2) is 15.6 Å². The van der Waals surface area contributed by atoms with Crippen LogP contribution >= 0.6 is 0 Å². The van der Waals surface area contributed by atoms with Crippen LogP contribution in [0.25, 0.3) is 0 Å². The Hall–Kier alpha value is -1.03. The highest BCUT2D eigenvalue weighted by molar-refractivity contribution is 5.26. The number of nitrogen functional groups attached to an aromatic ring is 1. The van der Waals surface area contributed by atoms with Crippen LogP contribution in [-0.2, 0) is 6.54 Å². The van der Waals surface area contributed by atoms with Gasteiger partial charge in [-0.25, -0.2) is 4.98 Å². The molecule has 3 N–H and O–H groups in total. The molecule has 1 aromatic rings. The molecular weight excluding hydrogens is 176 g/mol. The molecule has 14 heavy (non-hydrogen) atoms. The van der Waals surface area contributed by atoms with Gasteiger partial charge in [-0.2, -0.15) is 0 Å². The van der Waals surface area contributed by atoms with E-state index in [9.17, 15) is 0 Å². The first-order valence-corrected chi connectivity index (χ1v) is 5.23. The van der Waals surface area contributed by atoms with Gasteiger partial charge in [-0.15, -0.1) is 0 Å². The SMILES string of the molecule is CC(C)n1cc(N)nc1CNC1CC1. The van der Waals surface area contributed by atoms with E-state index in [0.29, 0.717) is 17.9 Å². The second kappa shape index (κ2) is 3.61. The summed E-state index contributed by atoms with van der Waals surface area (Å²) in [6.07, 6.45) is 4.52. The van der Waals surface area contributed by atoms with E-state index in [1.807, 2.05) is 6.20 Å². The molecule has 0 aliphatic heterocycles. The van der Waals surface area contributed by atoms with E-state index in [0.717, 1.165) is 12.4 Å². The Labute approximate surface area is 84.5 Å². The molecule has 0 radical (unpaired) electrons. The van der Waals surface area contributed by atoms with E-state index in [4.69, 9.17) is 5.73 Å². The molecule has 1 aliphatic rings. The Morgan fingerprint density at radius 1 is 1.64 bits per heavy atom. The molecule has 1 saturated carbocycles. The number of nitrogens with zero attached hydrogens (tertiary/aromatic N) is 2. The van der Waals surface area contributed by atoms with Crippen LogP contribution < -0.4 is 11.1 Å². The van der Waals surface area contributed by atoms with Gasteiger partial charge >= 0.3 is 0 Å². The molecule has 0 spiro atoms. The van der Waals surface area contributed by atoms with Gasteiger partial charge in [-0.3, -0.25) is 0 Å². The first kappa shape index (κ1) is 9.52. The zero-order chi connectivity index (χ0) is 10.1. The molecule has 4 nitrogen and oxygen atoms in total. The smallest absolute Gasteiger partial charge is 0.141 e. The number of nitrogens with two attached hydrogens (primary N) is 1. The fourth-order valence-corrected chi connectivity index (χ4v) is 1.55. The second-order valence-corrected chi connectivity index (χ2v) is 4.24. The van der Waals surface area contributed by atoms with E-state index in [1.54, 1.807) is 0 Å². The number of rotatable bonds is 4. The predicted octanol–water partition coefficient (Wildman–Crippen LogP) is 1.30. The molecule has 1 fully saturated rings. The van der Waals surface area contributed by atoms with Crippen molar-refractivity contribution in [1.29, 1.82) is 0 Å². The van der Waals surface area contributed by atoms with Crippen molar-refractivity contribution in [1.82, 2.24) is 14.9 Å². The number of anilines is 1. The Morgan fingerprint density at radius 2 is 2.36 bits per heavy atom. The number of hydrogen-bond acceptors (Lipinski definition) is 3. The third-order valence-corrected chi connectivity index (χ3v) is 2.51. The van der Waals surface area contributed by atoms with Crippen LogP contribution in [0.5, 0.6) is 0 Å². The Bertz CT molecular complexity index is 312. The Morgan fingerprint density at radius 3 is 2.93 bits per heavy atom. The van der Waals surface area contributed by atoms with Crippen LogP contribution in [0.3, 0.4) is 0 Å². The van der Waals surface area contributed by atoms with Crippen molar-refractivity contribution in [2.45, 2.75) is 45.3 Å². The van der Waals surface area contributed by atoms with E-state index in [-0.39, 0.29) is 0 Å². The summed E-state index contributed by atoms with van der Waals surface area (Å²) in [5.74, 6) is 1.66. The second-order valence-electron chi connectivity index (χ2n) is 4.24. The van der Waals surface area contributed by atoms with Gasteiger partial charge in [0.15, 0.2) is 0 Å². The van der Waals surface area contributed by atoms with Crippen molar-refractivity contribution < 1.29 is 0 Å². The molecule has 0 amide bonds. The number of nitrogens with one attached hydrogen (secondary N) is 1. The van der Waals surface area contributed by atoms with Crippen LogP contribution in [0.2, 0.25) is 0 Å². The first-order valence-electron chi connectivity index (χ1n) is 5.23. The zero-order valence-electron chi connectivity index (χ0n) is 8.83. The molecule has 0 atom stereocenters. The molecule has 0 unspecified atom stereocenters. The lowest BCUT2D eigenvalue weighted by Crippen LogP contribution is -2.19. The van der Waals surface area contributed by atoms with Gasteiger partial charge in [0.2, 0.25) is 0 Å². The fraction of sp³-hybridized carbons (Fsp3) is 0.700. The number of hydrogen-bond donors (Lipinski definition) is 2. The lowest BCUT2D eigenvalue weighted by Gasteiger charge is -2.11. The third-order valence-electron chi connectivity index (χ3n) is 2.51. The number of aromatic nitrogens is 2. The van der Waals surface area contributed by atoms with Gasteiger partial charge in [-0.05, 0) is 26.7 Å². The average Bonchev–Trinajstić information content (AvgIpc) is 2.86.